The lowest BCUT2D eigenvalue weighted by molar-refractivity contribution is 0.459. The highest BCUT2D eigenvalue weighted by Gasteiger charge is 2.25. The summed E-state index contributed by atoms with van der Waals surface area (Å²) in [6.45, 7) is 5.93. The van der Waals surface area contributed by atoms with E-state index in [0.717, 1.165) is 47.7 Å². The SMILES string of the molecule is CC(C)c1nnc2ccc(-c3sc(C4CCNCC4)nc3-c3ccc(F)cc3F)nn12. The molecule has 1 aliphatic heterocycles. The Hall–Kier alpha value is -2.78. The summed E-state index contributed by atoms with van der Waals surface area (Å²) in [6, 6.07) is 7.33. The summed E-state index contributed by atoms with van der Waals surface area (Å²) in [5.74, 6) is -0.0148. The molecule has 3 aromatic heterocycles. The van der Waals surface area contributed by atoms with Gasteiger partial charge in [-0.05, 0) is 50.2 Å². The quantitative estimate of drug-likeness (QED) is 0.495. The smallest absolute Gasteiger partial charge is 0.177 e. The Balaban J connectivity index is 1.68. The van der Waals surface area contributed by atoms with Crippen LogP contribution in [-0.2, 0) is 0 Å². The van der Waals surface area contributed by atoms with Gasteiger partial charge >= 0.3 is 0 Å². The van der Waals surface area contributed by atoms with Gasteiger partial charge in [0.05, 0.1) is 15.6 Å². The number of halogens is 2. The van der Waals surface area contributed by atoms with Gasteiger partial charge in [0.15, 0.2) is 11.5 Å². The van der Waals surface area contributed by atoms with Gasteiger partial charge in [-0.2, -0.15) is 9.61 Å². The Bertz CT molecular complexity index is 1240. The van der Waals surface area contributed by atoms with Crippen molar-refractivity contribution in [3.8, 4) is 21.8 Å². The minimum absolute atomic E-state index is 0.151. The number of hydrogen-bond donors (Lipinski definition) is 1. The van der Waals surface area contributed by atoms with Crippen molar-refractivity contribution >= 4 is 17.0 Å². The number of nitrogens with zero attached hydrogens (tertiary/aromatic N) is 5. The van der Waals surface area contributed by atoms with Gasteiger partial charge in [-0.1, -0.05) is 13.8 Å². The molecule has 0 bridgehead atoms. The summed E-state index contributed by atoms with van der Waals surface area (Å²) >= 11 is 1.54. The highest BCUT2D eigenvalue weighted by Crippen LogP contribution is 2.41. The van der Waals surface area contributed by atoms with Crippen LogP contribution in [0.5, 0.6) is 0 Å². The summed E-state index contributed by atoms with van der Waals surface area (Å²) in [5.41, 5.74) is 2.11. The van der Waals surface area contributed by atoms with Crippen molar-refractivity contribution in [2.75, 3.05) is 13.1 Å². The number of benzene rings is 1. The Morgan fingerprint density at radius 2 is 1.90 bits per heavy atom. The van der Waals surface area contributed by atoms with Crippen LogP contribution >= 0.6 is 11.3 Å². The molecule has 0 aliphatic carbocycles. The third kappa shape index (κ3) is 3.72. The van der Waals surface area contributed by atoms with Gasteiger partial charge in [-0.3, -0.25) is 0 Å². The second-order valence-electron chi connectivity index (χ2n) is 8.08. The first kappa shape index (κ1) is 20.1. The number of piperidine rings is 1. The van der Waals surface area contributed by atoms with Crippen LogP contribution in [0.3, 0.4) is 0 Å². The lowest BCUT2D eigenvalue weighted by Gasteiger charge is -2.20. The number of rotatable bonds is 4. The van der Waals surface area contributed by atoms with E-state index in [4.69, 9.17) is 10.1 Å². The van der Waals surface area contributed by atoms with Crippen LogP contribution < -0.4 is 5.32 Å². The van der Waals surface area contributed by atoms with Crippen molar-refractivity contribution in [2.45, 2.75) is 38.5 Å². The van der Waals surface area contributed by atoms with Crippen LogP contribution in [-0.4, -0.2) is 37.9 Å². The molecule has 6 nitrogen and oxygen atoms in total. The predicted octanol–water partition coefficient (Wildman–Crippen LogP) is 4.78. The van der Waals surface area contributed by atoms with E-state index in [9.17, 15) is 8.78 Å². The molecule has 1 saturated heterocycles. The molecular weight excluding hydrogens is 418 g/mol. The average molecular weight is 441 g/mol. The maximum Gasteiger partial charge on any atom is 0.177 e. The van der Waals surface area contributed by atoms with E-state index in [-0.39, 0.29) is 11.5 Å². The molecule has 9 heteroatoms. The molecule has 0 unspecified atom stereocenters. The molecule has 1 N–H and O–H groups in total. The first-order valence-corrected chi connectivity index (χ1v) is 11.2. The van der Waals surface area contributed by atoms with Gasteiger partial charge in [-0.15, -0.1) is 21.5 Å². The van der Waals surface area contributed by atoms with Crippen molar-refractivity contribution in [3.63, 3.8) is 0 Å². The van der Waals surface area contributed by atoms with Gasteiger partial charge in [0.2, 0.25) is 0 Å². The maximum atomic E-state index is 14.7. The normalized spacial score (nSPS) is 15.3. The van der Waals surface area contributed by atoms with Crippen LogP contribution in [0.2, 0.25) is 0 Å². The van der Waals surface area contributed by atoms with Gasteiger partial charge in [0.25, 0.3) is 0 Å². The van der Waals surface area contributed by atoms with Crippen molar-refractivity contribution in [1.29, 1.82) is 0 Å². The second kappa shape index (κ2) is 8.05. The van der Waals surface area contributed by atoms with E-state index >= 15 is 0 Å². The summed E-state index contributed by atoms with van der Waals surface area (Å²) in [5, 5.41) is 17.5. The summed E-state index contributed by atoms with van der Waals surface area (Å²) < 4.78 is 30.0. The fourth-order valence-electron chi connectivity index (χ4n) is 3.90. The van der Waals surface area contributed by atoms with Gasteiger partial charge in [0, 0.05) is 23.5 Å². The molecule has 160 valence electrons. The second-order valence-corrected chi connectivity index (χ2v) is 9.11. The van der Waals surface area contributed by atoms with Crippen LogP contribution in [0.1, 0.15) is 49.4 Å². The topological polar surface area (TPSA) is 68.0 Å². The molecular formula is C22H22F2N6S. The van der Waals surface area contributed by atoms with Crippen molar-refractivity contribution in [2.24, 2.45) is 0 Å². The fourth-order valence-corrected chi connectivity index (χ4v) is 5.12. The van der Waals surface area contributed by atoms with E-state index in [1.54, 1.807) is 4.52 Å². The molecule has 4 heterocycles. The van der Waals surface area contributed by atoms with Gasteiger partial charge in [0.1, 0.15) is 17.3 Å². The molecule has 0 amide bonds. The monoisotopic (exact) mass is 440 g/mol. The van der Waals surface area contributed by atoms with Crippen molar-refractivity contribution < 1.29 is 8.78 Å². The average Bonchev–Trinajstić information content (AvgIpc) is 3.38. The lowest BCUT2D eigenvalue weighted by atomic mass is 9.99. The Morgan fingerprint density at radius 1 is 1.10 bits per heavy atom. The predicted molar refractivity (Wildman–Crippen MR) is 116 cm³/mol. The third-order valence-corrected chi connectivity index (χ3v) is 6.79. The fraction of sp³-hybridized carbons (Fsp3) is 0.364. The van der Waals surface area contributed by atoms with Gasteiger partial charge < -0.3 is 5.32 Å². The zero-order valence-electron chi connectivity index (χ0n) is 17.3. The standard InChI is InChI=1S/C22H22F2N6S/c1-12(2)21-28-27-18-6-5-17(29-30(18)21)20-19(15-4-3-14(23)11-16(15)24)26-22(31-20)13-7-9-25-10-8-13/h3-6,11-13,25H,7-10H2,1-2H3. The first-order chi connectivity index (χ1) is 15.0. The summed E-state index contributed by atoms with van der Waals surface area (Å²) in [4.78, 5) is 5.61. The van der Waals surface area contributed by atoms with E-state index in [0.29, 0.717) is 23.0 Å². The molecule has 1 fully saturated rings. The van der Waals surface area contributed by atoms with Crippen LogP contribution in [0.4, 0.5) is 8.78 Å². The maximum absolute atomic E-state index is 14.7. The Kier molecular flexibility index (Phi) is 5.23. The number of aromatic nitrogens is 5. The van der Waals surface area contributed by atoms with Crippen LogP contribution in [0, 0.1) is 11.6 Å². The molecule has 1 aromatic carbocycles. The molecule has 0 saturated carbocycles. The first-order valence-electron chi connectivity index (χ1n) is 10.4. The number of fused-ring (bicyclic) bond motifs is 1. The van der Waals surface area contributed by atoms with E-state index in [1.165, 1.54) is 23.5 Å². The summed E-state index contributed by atoms with van der Waals surface area (Å²) in [7, 11) is 0. The molecule has 0 spiro atoms. The van der Waals surface area contributed by atoms with E-state index < -0.39 is 11.6 Å². The molecule has 0 radical (unpaired) electrons. The molecule has 5 rings (SSSR count). The molecule has 31 heavy (non-hydrogen) atoms. The van der Waals surface area contributed by atoms with Crippen molar-refractivity contribution in [1.82, 2.24) is 30.1 Å². The molecule has 4 aromatic rings. The van der Waals surface area contributed by atoms with Crippen molar-refractivity contribution in [3.05, 3.63) is 52.8 Å². The molecule has 0 atom stereocenters. The minimum Gasteiger partial charge on any atom is -0.317 e. The number of thiazole rings is 1. The van der Waals surface area contributed by atoms with Gasteiger partial charge in [-0.25, -0.2) is 13.8 Å². The summed E-state index contributed by atoms with van der Waals surface area (Å²) in [6.07, 6.45) is 1.96. The van der Waals surface area contributed by atoms with E-state index in [1.807, 2.05) is 26.0 Å². The number of hydrogen-bond acceptors (Lipinski definition) is 6. The zero-order chi connectivity index (χ0) is 21.5. The Labute approximate surface area is 182 Å². The third-order valence-electron chi connectivity index (χ3n) is 5.55. The minimum atomic E-state index is -0.628. The highest BCUT2D eigenvalue weighted by atomic mass is 32.1. The van der Waals surface area contributed by atoms with Crippen LogP contribution in [0.25, 0.3) is 27.5 Å². The Morgan fingerprint density at radius 3 is 2.65 bits per heavy atom. The van der Waals surface area contributed by atoms with Crippen LogP contribution in [0.15, 0.2) is 30.3 Å². The largest absolute Gasteiger partial charge is 0.317 e. The highest BCUT2D eigenvalue weighted by molar-refractivity contribution is 7.15. The van der Waals surface area contributed by atoms with E-state index in [2.05, 4.69) is 15.5 Å². The molecule has 1 aliphatic rings. The lowest BCUT2D eigenvalue weighted by Crippen LogP contribution is -2.26. The number of nitrogens with one attached hydrogen (secondary N) is 1. The zero-order valence-corrected chi connectivity index (χ0v) is 18.1.